The maximum atomic E-state index is 13.4. The van der Waals surface area contributed by atoms with Gasteiger partial charge in [-0.05, 0) is 208 Å². The number of likely N-dealkylation sites (tertiary alicyclic amines) is 1. The predicted octanol–water partition coefficient (Wildman–Crippen LogP) is 15.7. The van der Waals surface area contributed by atoms with Gasteiger partial charge < -0.3 is 62.0 Å². The molecule has 4 saturated heterocycles. The van der Waals surface area contributed by atoms with Crippen molar-refractivity contribution in [3.8, 4) is 17.6 Å². The molecule has 146 heavy (non-hydrogen) atoms. The number of carbonyl (C=O) groups is 4. The smallest absolute Gasteiger partial charge is 0.263 e. The summed E-state index contributed by atoms with van der Waals surface area (Å²) in [5, 5.41) is 16.5. The molecule has 4 N–H and O–H groups in total. The maximum Gasteiger partial charge on any atom is 0.263 e. The van der Waals surface area contributed by atoms with Gasteiger partial charge in [-0.25, -0.2) is 68.6 Å². The number of benzene rings is 8. The average molecular weight is 2110 g/mol. The van der Waals surface area contributed by atoms with Gasteiger partial charge in [0.25, 0.3) is 40.1 Å². The fourth-order valence-electron chi connectivity index (χ4n) is 18.2. The Labute approximate surface area is 863 Å². The minimum Gasteiger partial charge on any atom is -0.496 e. The van der Waals surface area contributed by atoms with Crippen LogP contribution < -0.4 is 43.1 Å². The van der Waals surface area contributed by atoms with E-state index in [-0.39, 0.29) is 97.5 Å². The number of amides is 4. The Kier molecular flexibility index (Phi) is 31.5. The van der Waals surface area contributed by atoms with Gasteiger partial charge in [0.05, 0.1) is 55.4 Å². The second-order valence-corrected chi connectivity index (χ2v) is 43.4. The molecule has 16 aromatic rings. The van der Waals surface area contributed by atoms with Gasteiger partial charge in [0, 0.05) is 207 Å². The number of methoxy groups -OCH3 is 2. The van der Waals surface area contributed by atoms with Gasteiger partial charge in [-0.1, -0.05) is 65.7 Å². The lowest BCUT2D eigenvalue weighted by Gasteiger charge is -2.41. The van der Waals surface area contributed by atoms with Crippen LogP contribution in [0, 0.1) is 11.3 Å². The fourth-order valence-corrected chi connectivity index (χ4v) is 23.5. The monoisotopic (exact) mass is 2110 g/mol. The summed E-state index contributed by atoms with van der Waals surface area (Å²) in [7, 11) is -11.7. The molecule has 4 aliphatic rings. The minimum absolute atomic E-state index is 0. The van der Waals surface area contributed by atoms with Gasteiger partial charge >= 0.3 is 0 Å². The lowest BCUT2D eigenvalue weighted by Crippen LogP contribution is -2.54. The quantitative estimate of drug-likeness (QED) is 0.0391. The van der Waals surface area contributed by atoms with Crippen LogP contribution in [0.1, 0.15) is 68.4 Å². The SMILES string of the molecule is CC1CN(c2ccc(S(=O)(=O)Nc3nccs3)cc2)CCN1C(=O)Cn1cc(C#N)c2ccccc21.COc1cc2c(ccn2C(C)C(=O)N2CCN(c3ccc(S(=O)(=O)Nc4ccncn4)cc3)CC2)cc1Cl.COc1cccc2c1ccn2C(C)C(=O)N1CCN(c2ccc(S(=O)(=O)Nc3ccncn3)cc2)CC1.O=C(Cn1ccc2ccc(Cl)cc21)N1CCC(c2ccc(S(=O)(=O)Nc3ccncn3)cc2)CC1.[HH].[HH].[HH].[HH]. The number of nitrogens with one attached hydrogen (secondary N) is 4. The highest BCUT2D eigenvalue weighted by Crippen LogP contribution is 2.37. The third kappa shape index (κ3) is 23.7. The number of hydrogen-bond donors (Lipinski definition) is 4. The van der Waals surface area contributed by atoms with Crippen LogP contribution in [-0.2, 0) is 72.4 Å². The van der Waals surface area contributed by atoms with Gasteiger partial charge in [0.15, 0.2) is 5.13 Å². The molecule has 0 bridgehead atoms. The molecule has 44 heteroatoms. The van der Waals surface area contributed by atoms with E-state index in [1.54, 1.807) is 117 Å². The lowest BCUT2D eigenvalue weighted by atomic mass is 9.89. The molecule has 3 unspecified atom stereocenters. The first-order chi connectivity index (χ1) is 70.4. The highest BCUT2D eigenvalue weighted by atomic mass is 35.5. The second kappa shape index (κ2) is 44.9. The number of nitriles is 1. The summed E-state index contributed by atoms with van der Waals surface area (Å²) in [5.74, 6) is 2.44. The second-order valence-electron chi connectivity index (χ2n) is 34.9. The standard InChI is InChI=1S/C26H27ClN6O4S.C26H28N6O4S.C25H24ClN5O3S.C25H24N6O3S2.4H2/c1-18(33-10-8-19-15-22(27)24(37-2)16-23(19)33)26(34)32-13-11-31(12-14-32)20-3-5-21(6-4-20)38(35,36)30-25-7-9-28-17-29-25;1-19(32-13-11-22-23(32)4-3-5-24(22)36-2)26(33)31-16-14-30(15-17-31)20-6-8-21(9-7-20)37(34,35)29-25-10-12-27-18-28-25;26-21-4-1-20-10-14-31(23(20)15-21)16-25(32)30-12-8-19(9-13-30)18-2-5-22(6-3-18)35(33,34)29-24-7-11-27-17-28-24;1-18-15-29(20-6-8-21(9-7-20)36(33,34)28-25-27-10-13-35-25)11-12-31(18)24(32)17-30-16-19(14-26)22-4-2-3-5-23(22)30;;;;/h3-10,15-18H,11-14H2,1-2H3,(H,28,29,30);3-13,18-19H,14-17H2,1-2H3,(H,27,28,29);1-7,10-11,14-15,17,19H,8-9,12-13,16H2,(H,27,28,29);2-10,13,16,18H,11-12,15,17H2,1H3,(H,27,28);4*1H. The van der Waals surface area contributed by atoms with E-state index in [9.17, 15) is 58.1 Å². The van der Waals surface area contributed by atoms with E-state index in [0.717, 1.165) is 84.8 Å². The summed E-state index contributed by atoms with van der Waals surface area (Å²) in [4.78, 5) is 94.4. The summed E-state index contributed by atoms with van der Waals surface area (Å²) in [6, 6.07) is 61.7. The first-order valence-corrected chi connectivity index (χ1v) is 54.2. The Morgan fingerprint density at radius 1 is 0.459 bits per heavy atom. The number of anilines is 7. The zero-order valence-corrected chi connectivity index (χ0v) is 85.5. The van der Waals surface area contributed by atoms with Crippen molar-refractivity contribution in [3.05, 3.63) is 301 Å². The van der Waals surface area contributed by atoms with Crippen molar-refractivity contribution in [2.75, 3.05) is 133 Å². The normalized spacial score (nSPS) is 15.2. The zero-order chi connectivity index (χ0) is 103. The van der Waals surface area contributed by atoms with Crippen molar-refractivity contribution >= 4 is 182 Å². The molecule has 4 fully saturated rings. The lowest BCUT2D eigenvalue weighted by molar-refractivity contribution is -0.135. The molecule has 4 aliphatic heterocycles. The summed E-state index contributed by atoms with van der Waals surface area (Å²) in [5.41, 5.74) is 8.00. The van der Waals surface area contributed by atoms with Crippen LogP contribution in [0.3, 0.4) is 0 Å². The molecular weight excluding hydrogens is 2000 g/mol. The van der Waals surface area contributed by atoms with Gasteiger partial charge in [-0.15, -0.1) is 11.3 Å². The molecule has 0 saturated carbocycles. The largest absolute Gasteiger partial charge is 0.496 e. The highest BCUT2D eigenvalue weighted by Gasteiger charge is 2.34. The number of fused-ring (bicyclic) bond motifs is 4. The Morgan fingerprint density at radius 3 is 1.45 bits per heavy atom. The number of para-hydroxylation sites is 1. The molecule has 37 nitrogen and oxygen atoms in total. The number of sulfonamides is 4. The van der Waals surface area contributed by atoms with E-state index >= 15 is 0 Å². The number of thiazole rings is 1. The third-order valence-electron chi connectivity index (χ3n) is 26.0. The van der Waals surface area contributed by atoms with Crippen LogP contribution in [0.25, 0.3) is 43.6 Å². The van der Waals surface area contributed by atoms with Gasteiger partial charge in [-0.2, -0.15) is 5.26 Å². The van der Waals surface area contributed by atoms with Gasteiger partial charge in [-0.3, -0.25) is 38.1 Å². The first-order valence-electron chi connectivity index (χ1n) is 46.7. The number of rotatable bonds is 26. The Hall–Kier alpha value is -15.3. The van der Waals surface area contributed by atoms with E-state index in [4.69, 9.17) is 32.7 Å². The summed E-state index contributed by atoms with van der Waals surface area (Å²) >= 11 is 13.6. The molecule has 12 heterocycles. The number of aromatic nitrogens is 11. The Morgan fingerprint density at radius 2 is 0.945 bits per heavy atom. The van der Waals surface area contributed by atoms with Crippen molar-refractivity contribution in [2.24, 2.45) is 0 Å². The number of hydrogen-bond acceptors (Lipinski definition) is 26. The molecule has 762 valence electrons. The van der Waals surface area contributed by atoms with Crippen molar-refractivity contribution in [1.82, 2.24) is 72.8 Å². The summed E-state index contributed by atoms with van der Waals surface area (Å²) in [6.45, 7) is 14.3. The molecule has 8 aromatic heterocycles. The van der Waals surface area contributed by atoms with Crippen LogP contribution in [-0.4, -0.2) is 235 Å². The molecule has 8 aromatic carbocycles. The number of carbonyl (C=O) groups excluding carboxylic acids is 4. The number of piperidine rings is 1. The van der Waals surface area contributed by atoms with Crippen LogP contribution >= 0.6 is 34.5 Å². The van der Waals surface area contributed by atoms with E-state index < -0.39 is 46.1 Å². The number of nitrogens with zero attached hydrogens (tertiary/aromatic N) is 19. The molecule has 20 rings (SSSR count). The predicted molar refractivity (Wildman–Crippen MR) is 570 cm³/mol. The summed E-state index contributed by atoms with van der Waals surface area (Å²) < 4.78 is 129. The topological polar surface area (TPSA) is 428 Å². The molecule has 4 amide bonds. The number of piperazine rings is 3. The van der Waals surface area contributed by atoms with E-state index in [2.05, 4.69) is 74.5 Å². The maximum absolute atomic E-state index is 13.4. The van der Waals surface area contributed by atoms with Crippen LogP contribution in [0.2, 0.25) is 10.0 Å². The molecule has 0 radical (unpaired) electrons. The van der Waals surface area contributed by atoms with Crippen molar-refractivity contribution in [2.45, 2.75) is 90.3 Å². The van der Waals surface area contributed by atoms with Gasteiger partial charge in [0.1, 0.15) is 79.2 Å². The molecule has 3 atom stereocenters. The van der Waals surface area contributed by atoms with Gasteiger partial charge in [0.2, 0.25) is 23.6 Å². The van der Waals surface area contributed by atoms with Crippen molar-refractivity contribution in [3.63, 3.8) is 0 Å². The van der Waals surface area contributed by atoms with Crippen LogP contribution in [0.15, 0.2) is 300 Å². The third-order valence-corrected chi connectivity index (χ3v) is 32.9. The van der Waals surface area contributed by atoms with Crippen LogP contribution in [0.5, 0.6) is 11.5 Å². The van der Waals surface area contributed by atoms with Crippen molar-refractivity contribution in [1.29, 1.82) is 5.26 Å². The number of ether oxygens (including phenoxy) is 2. The first kappa shape index (κ1) is 102. The molecule has 0 spiro atoms. The summed E-state index contributed by atoms with van der Waals surface area (Å²) in [6.07, 6.45) is 18.9. The van der Waals surface area contributed by atoms with Crippen molar-refractivity contribution < 1.29 is 68.0 Å². The average Bonchev–Trinajstić information content (AvgIpc) is 1.65. The Balaban J connectivity index is 0.000000165. The van der Waals surface area contributed by atoms with E-state index in [0.29, 0.717) is 112 Å². The molecular formula is C102H111Cl2N23O14S5. The molecule has 0 aliphatic carbocycles. The van der Waals surface area contributed by atoms with E-state index in [1.165, 1.54) is 67.1 Å². The Bertz CT molecular complexity index is 7920. The number of halogens is 2. The minimum atomic E-state index is -3.76. The van der Waals surface area contributed by atoms with Crippen LogP contribution in [0.4, 0.5) is 39.6 Å². The van der Waals surface area contributed by atoms with E-state index in [1.807, 2.05) is 180 Å². The fraction of sp³-hybridized carbons (Fsp3) is 0.255. The highest BCUT2D eigenvalue weighted by molar-refractivity contribution is 7.93. The zero-order valence-electron chi connectivity index (χ0n) is 79.9.